The van der Waals surface area contributed by atoms with E-state index in [2.05, 4.69) is 38.2 Å². The van der Waals surface area contributed by atoms with Gasteiger partial charge in [0.2, 0.25) is 0 Å². The van der Waals surface area contributed by atoms with E-state index in [0.29, 0.717) is 12.8 Å². The second-order valence-corrected chi connectivity index (χ2v) is 12.3. The van der Waals surface area contributed by atoms with Crippen molar-refractivity contribution in [3.63, 3.8) is 0 Å². The lowest BCUT2D eigenvalue weighted by Gasteiger charge is -2.16. The van der Waals surface area contributed by atoms with E-state index >= 15 is 0 Å². The van der Waals surface area contributed by atoms with E-state index in [0.717, 1.165) is 38.5 Å². The summed E-state index contributed by atoms with van der Waals surface area (Å²) in [5, 5.41) is 9.47. The third-order valence-electron chi connectivity index (χ3n) is 7.96. The van der Waals surface area contributed by atoms with Crippen molar-refractivity contribution in [1.82, 2.24) is 0 Å². The van der Waals surface area contributed by atoms with Gasteiger partial charge in [0.25, 0.3) is 6.29 Å². The van der Waals surface area contributed by atoms with Crippen LogP contribution in [0.3, 0.4) is 0 Å². The van der Waals surface area contributed by atoms with Gasteiger partial charge in [-0.15, -0.1) is 0 Å². The Labute approximate surface area is 266 Å². The highest BCUT2D eigenvalue weighted by molar-refractivity contribution is 5.71. The number of carbonyl (C=O) groups excluding carboxylic acids is 2. The molecule has 0 amide bonds. The molecule has 252 valence electrons. The smallest absolute Gasteiger partial charge is 0.308 e. The minimum atomic E-state index is -1.19. The van der Waals surface area contributed by atoms with Gasteiger partial charge in [-0.05, 0) is 64.2 Å². The van der Waals surface area contributed by atoms with E-state index < -0.39 is 24.8 Å². The number of aliphatic hydroxyl groups is 1. The van der Waals surface area contributed by atoms with Gasteiger partial charge in [0.15, 0.2) is 0 Å². The van der Waals surface area contributed by atoms with E-state index in [1.807, 2.05) is 0 Å². The molecule has 0 saturated heterocycles. The highest BCUT2D eigenvalue weighted by Gasteiger charge is 2.17. The maximum atomic E-state index is 12.1. The van der Waals surface area contributed by atoms with Gasteiger partial charge in [0.05, 0.1) is 0 Å². The summed E-state index contributed by atoms with van der Waals surface area (Å²) in [6, 6.07) is 0. The standard InChI is InChI=1S/C38H70O5/c1-3-5-7-9-11-13-15-17-19-21-23-25-27-29-31-33-36(40)42-38(35-39)43-37(41)34-32-30-28-26-24-22-20-18-16-14-12-10-8-6-4-2/h15-18,38-39H,3-14,19-35H2,1-2H3/b17-15+,18-16+. The van der Waals surface area contributed by atoms with Gasteiger partial charge >= 0.3 is 11.9 Å². The van der Waals surface area contributed by atoms with Crippen LogP contribution in [0.15, 0.2) is 24.3 Å². The molecule has 43 heavy (non-hydrogen) atoms. The second kappa shape index (κ2) is 34.9. The Kier molecular flexibility index (Phi) is 33.6. The van der Waals surface area contributed by atoms with E-state index in [1.54, 1.807) is 0 Å². The van der Waals surface area contributed by atoms with Gasteiger partial charge in [0.1, 0.15) is 6.61 Å². The molecule has 0 aromatic rings. The summed E-state index contributed by atoms with van der Waals surface area (Å²) in [6.45, 7) is 4.01. The van der Waals surface area contributed by atoms with Crippen LogP contribution in [0.1, 0.15) is 194 Å². The van der Waals surface area contributed by atoms with Gasteiger partial charge in [-0.3, -0.25) is 9.59 Å². The van der Waals surface area contributed by atoms with Crippen LogP contribution in [0.25, 0.3) is 0 Å². The fourth-order valence-corrected chi connectivity index (χ4v) is 5.19. The summed E-state index contributed by atoms with van der Waals surface area (Å²) in [6.07, 6.45) is 40.0. The predicted octanol–water partition coefficient (Wildman–Crippen LogP) is 11.5. The van der Waals surface area contributed by atoms with Crippen molar-refractivity contribution in [3.05, 3.63) is 24.3 Å². The van der Waals surface area contributed by atoms with E-state index in [4.69, 9.17) is 9.47 Å². The van der Waals surface area contributed by atoms with E-state index in [9.17, 15) is 14.7 Å². The molecule has 0 aliphatic rings. The van der Waals surface area contributed by atoms with Crippen LogP contribution >= 0.6 is 0 Å². The van der Waals surface area contributed by atoms with E-state index in [1.165, 1.54) is 128 Å². The average molecular weight is 607 g/mol. The Morgan fingerprint density at radius 1 is 0.465 bits per heavy atom. The van der Waals surface area contributed by atoms with Crippen LogP contribution in [-0.4, -0.2) is 29.9 Å². The lowest BCUT2D eigenvalue weighted by molar-refractivity contribution is -0.194. The zero-order valence-corrected chi connectivity index (χ0v) is 28.5. The topological polar surface area (TPSA) is 72.8 Å². The van der Waals surface area contributed by atoms with Crippen molar-refractivity contribution >= 4 is 11.9 Å². The third-order valence-corrected chi connectivity index (χ3v) is 7.96. The summed E-state index contributed by atoms with van der Waals surface area (Å²) in [5.41, 5.74) is 0. The highest BCUT2D eigenvalue weighted by Crippen LogP contribution is 2.13. The fraction of sp³-hybridized carbons (Fsp3) is 0.842. The Balaban J connectivity index is 3.58. The normalized spacial score (nSPS) is 11.7. The molecular weight excluding hydrogens is 536 g/mol. The van der Waals surface area contributed by atoms with Crippen LogP contribution < -0.4 is 0 Å². The molecule has 0 fully saturated rings. The van der Waals surface area contributed by atoms with E-state index in [-0.39, 0.29) is 0 Å². The molecule has 0 radical (unpaired) electrons. The Morgan fingerprint density at radius 2 is 0.744 bits per heavy atom. The SMILES string of the molecule is CCCCCCC/C=C/CCCCCCCCC(=O)OC(CO)OC(=O)CCCCCCCC/C=C/CCCCCCC. The molecule has 5 heteroatoms. The molecular formula is C38H70O5. The summed E-state index contributed by atoms with van der Waals surface area (Å²) < 4.78 is 10.3. The summed E-state index contributed by atoms with van der Waals surface area (Å²) in [7, 11) is 0. The lowest BCUT2D eigenvalue weighted by atomic mass is 10.1. The molecule has 0 bridgehead atoms. The summed E-state index contributed by atoms with van der Waals surface area (Å²) >= 11 is 0. The largest absolute Gasteiger partial charge is 0.423 e. The van der Waals surface area contributed by atoms with Crippen LogP contribution in [0.2, 0.25) is 0 Å². The highest BCUT2D eigenvalue weighted by atomic mass is 16.7. The zero-order chi connectivity index (χ0) is 31.5. The molecule has 0 aliphatic carbocycles. The fourth-order valence-electron chi connectivity index (χ4n) is 5.19. The number of allylic oxidation sites excluding steroid dienone is 4. The lowest BCUT2D eigenvalue weighted by Crippen LogP contribution is -2.27. The second-order valence-electron chi connectivity index (χ2n) is 12.3. The summed E-state index contributed by atoms with van der Waals surface area (Å²) in [5.74, 6) is -0.818. The predicted molar refractivity (Wildman–Crippen MR) is 182 cm³/mol. The number of carbonyl (C=O) groups is 2. The Morgan fingerprint density at radius 3 is 1.05 bits per heavy atom. The van der Waals surface area contributed by atoms with Gasteiger partial charge in [-0.2, -0.15) is 0 Å². The number of hydrogen-bond acceptors (Lipinski definition) is 5. The molecule has 0 heterocycles. The minimum absolute atomic E-state index is 0.296. The first-order valence-electron chi connectivity index (χ1n) is 18.4. The Hall–Kier alpha value is -1.62. The molecule has 1 N–H and O–H groups in total. The van der Waals surface area contributed by atoms with Gasteiger partial charge in [-0.25, -0.2) is 0 Å². The van der Waals surface area contributed by atoms with Gasteiger partial charge in [0, 0.05) is 12.8 Å². The number of aliphatic hydroxyl groups excluding tert-OH is 1. The molecule has 0 rings (SSSR count). The first-order valence-corrected chi connectivity index (χ1v) is 18.4. The monoisotopic (exact) mass is 607 g/mol. The van der Waals surface area contributed by atoms with Crippen LogP contribution in [0, 0.1) is 0 Å². The number of rotatable bonds is 33. The number of ether oxygens (including phenoxy) is 2. The maximum Gasteiger partial charge on any atom is 0.308 e. The molecule has 0 unspecified atom stereocenters. The average Bonchev–Trinajstić information content (AvgIpc) is 3.00. The zero-order valence-electron chi connectivity index (χ0n) is 28.5. The van der Waals surface area contributed by atoms with Gasteiger partial charge in [-0.1, -0.05) is 141 Å². The quantitative estimate of drug-likeness (QED) is 0.0348. The van der Waals surface area contributed by atoms with Crippen molar-refractivity contribution in [2.24, 2.45) is 0 Å². The van der Waals surface area contributed by atoms with Gasteiger partial charge < -0.3 is 14.6 Å². The molecule has 0 aliphatic heterocycles. The van der Waals surface area contributed by atoms with Crippen LogP contribution in [0.5, 0.6) is 0 Å². The summed E-state index contributed by atoms with van der Waals surface area (Å²) in [4.78, 5) is 24.2. The van der Waals surface area contributed by atoms with Crippen molar-refractivity contribution in [1.29, 1.82) is 0 Å². The molecule has 0 aromatic heterocycles. The number of unbranched alkanes of at least 4 members (excludes halogenated alkanes) is 22. The van der Waals surface area contributed by atoms with Crippen LogP contribution in [0.4, 0.5) is 0 Å². The third kappa shape index (κ3) is 33.1. The number of esters is 2. The molecule has 5 nitrogen and oxygen atoms in total. The van der Waals surface area contributed by atoms with Crippen molar-refractivity contribution in [2.45, 2.75) is 200 Å². The van der Waals surface area contributed by atoms with Crippen molar-refractivity contribution in [2.75, 3.05) is 6.61 Å². The first kappa shape index (κ1) is 41.4. The molecule has 0 atom stereocenters. The first-order chi connectivity index (χ1) is 21.1. The van der Waals surface area contributed by atoms with Crippen molar-refractivity contribution < 1.29 is 24.2 Å². The Bertz CT molecular complexity index is 603. The minimum Gasteiger partial charge on any atom is -0.423 e. The molecule has 0 aromatic carbocycles. The molecule has 0 spiro atoms. The van der Waals surface area contributed by atoms with Crippen LogP contribution in [-0.2, 0) is 19.1 Å². The number of hydrogen-bond donors (Lipinski definition) is 1. The maximum absolute atomic E-state index is 12.1. The molecule has 0 saturated carbocycles. The van der Waals surface area contributed by atoms with Crippen molar-refractivity contribution in [3.8, 4) is 0 Å².